The van der Waals surface area contributed by atoms with E-state index in [9.17, 15) is 18.3 Å². The first-order valence-electron chi connectivity index (χ1n) is 12.6. The Labute approximate surface area is 213 Å². The maximum absolute atomic E-state index is 12.5. The highest BCUT2D eigenvalue weighted by molar-refractivity contribution is 6.06. The molecule has 0 amide bonds. The maximum atomic E-state index is 12.5. The second kappa shape index (κ2) is 12.1. The third-order valence-electron chi connectivity index (χ3n) is 6.77. The van der Waals surface area contributed by atoms with Gasteiger partial charge in [-0.1, -0.05) is 0 Å². The third-order valence-corrected chi connectivity index (χ3v) is 6.77. The second-order valence-corrected chi connectivity index (χ2v) is 9.70. The average molecular weight is 525 g/mol. The largest absolute Gasteiger partial charge is 0.490 e. The molecule has 12 heteroatoms. The molecule has 204 valence electrons. The molecule has 1 saturated heterocycles. The molecule has 0 bridgehead atoms. The standard InChI is InChI=1S/C25H35F3N6O3/c1-34-15-32-24-20(33-23(29)8-9-30-17-3-2-10-36-14-17)11-19(12-21(24)34)37-18-6-4-16(5-7-18)31-13-22(35)25(26,27)28/h8-9,11-12,15-18,22,30-31,35H,2-7,10,13-14H2,1H3,(H2,29,33)/b9-8-/t16-,17-,18+,22-/m1/s1. The van der Waals surface area contributed by atoms with Crippen LogP contribution in [-0.2, 0) is 11.8 Å². The van der Waals surface area contributed by atoms with E-state index in [1.165, 1.54) is 0 Å². The molecule has 5 N–H and O–H groups in total. The van der Waals surface area contributed by atoms with Crippen molar-refractivity contribution in [3.05, 3.63) is 30.7 Å². The zero-order valence-corrected chi connectivity index (χ0v) is 20.9. The van der Waals surface area contributed by atoms with Crippen LogP contribution in [0.25, 0.3) is 11.0 Å². The van der Waals surface area contributed by atoms with Crippen molar-refractivity contribution in [3.63, 3.8) is 0 Å². The van der Waals surface area contributed by atoms with Crippen molar-refractivity contribution in [2.75, 3.05) is 25.1 Å². The molecule has 1 aliphatic carbocycles. The first-order valence-corrected chi connectivity index (χ1v) is 12.6. The topological polar surface area (TPSA) is 116 Å². The molecule has 1 aromatic carbocycles. The van der Waals surface area contributed by atoms with Gasteiger partial charge in [-0.25, -0.2) is 4.98 Å². The highest BCUT2D eigenvalue weighted by Crippen LogP contribution is 2.31. The van der Waals surface area contributed by atoms with E-state index in [0.717, 1.165) is 30.5 Å². The number of aliphatic hydroxyl groups excluding tert-OH is 1. The molecule has 37 heavy (non-hydrogen) atoms. The molecule has 1 saturated carbocycles. The number of imidazole rings is 1. The van der Waals surface area contributed by atoms with Gasteiger partial charge in [0.2, 0.25) is 0 Å². The molecule has 1 aliphatic heterocycles. The normalized spacial score (nSPS) is 23.8. The zero-order valence-electron chi connectivity index (χ0n) is 20.9. The molecule has 2 atom stereocenters. The summed E-state index contributed by atoms with van der Waals surface area (Å²) >= 11 is 0. The number of aliphatic hydroxyl groups is 1. The lowest BCUT2D eigenvalue weighted by molar-refractivity contribution is -0.202. The van der Waals surface area contributed by atoms with Gasteiger partial charge in [0.25, 0.3) is 0 Å². The molecular weight excluding hydrogens is 489 g/mol. The molecule has 4 rings (SSSR count). The van der Waals surface area contributed by atoms with Crippen LogP contribution < -0.4 is 20.7 Å². The highest BCUT2D eigenvalue weighted by atomic mass is 19.4. The first kappa shape index (κ1) is 27.2. The summed E-state index contributed by atoms with van der Waals surface area (Å²) < 4.78 is 51.2. The SMILES string of the molecule is Cn1cnc2c(NC(=N)/C=C\N[C@@H]3CCCOC3)cc(O[C@H]3CC[C@@H](NC[C@@H](O)C(F)(F)F)CC3)cc21. The van der Waals surface area contributed by atoms with E-state index in [0.29, 0.717) is 43.7 Å². The number of rotatable bonds is 9. The highest BCUT2D eigenvalue weighted by Gasteiger charge is 2.38. The number of amidine groups is 1. The summed E-state index contributed by atoms with van der Waals surface area (Å²) in [6.45, 7) is 0.949. The minimum atomic E-state index is -4.61. The van der Waals surface area contributed by atoms with Crippen molar-refractivity contribution in [1.29, 1.82) is 5.41 Å². The number of nitrogens with one attached hydrogen (secondary N) is 4. The quantitative estimate of drug-likeness (QED) is 0.252. The van der Waals surface area contributed by atoms with E-state index in [4.69, 9.17) is 14.9 Å². The van der Waals surface area contributed by atoms with Gasteiger partial charge in [0.15, 0.2) is 6.10 Å². The van der Waals surface area contributed by atoms with Gasteiger partial charge in [-0.05, 0) is 44.6 Å². The number of hydrogen-bond acceptors (Lipinski definition) is 7. The summed E-state index contributed by atoms with van der Waals surface area (Å²) in [5.74, 6) is 0.831. The lowest BCUT2D eigenvalue weighted by atomic mass is 9.93. The van der Waals surface area contributed by atoms with Gasteiger partial charge in [-0.15, -0.1) is 0 Å². The molecular formula is C25H35F3N6O3. The van der Waals surface area contributed by atoms with Gasteiger partial charge in [0, 0.05) is 50.6 Å². The Bertz CT molecular complexity index is 1080. The maximum Gasteiger partial charge on any atom is 0.415 e. The van der Waals surface area contributed by atoms with Gasteiger partial charge in [0.1, 0.15) is 17.1 Å². The molecule has 0 spiro atoms. The van der Waals surface area contributed by atoms with Gasteiger partial charge in [-0.2, -0.15) is 13.2 Å². The second-order valence-electron chi connectivity index (χ2n) is 9.70. The van der Waals surface area contributed by atoms with Crippen LogP contribution >= 0.6 is 0 Å². The lowest BCUT2D eigenvalue weighted by Crippen LogP contribution is -2.44. The predicted octanol–water partition coefficient (Wildman–Crippen LogP) is 3.45. The smallest absolute Gasteiger partial charge is 0.415 e. The molecule has 1 aromatic heterocycles. The Kier molecular flexibility index (Phi) is 8.93. The Balaban J connectivity index is 1.33. The van der Waals surface area contributed by atoms with E-state index in [2.05, 4.69) is 20.9 Å². The van der Waals surface area contributed by atoms with Crippen LogP contribution in [0.15, 0.2) is 30.7 Å². The molecule has 0 radical (unpaired) electrons. The van der Waals surface area contributed by atoms with Crippen LogP contribution in [0.3, 0.4) is 0 Å². The average Bonchev–Trinajstić information content (AvgIpc) is 3.24. The van der Waals surface area contributed by atoms with E-state index in [1.807, 2.05) is 23.7 Å². The summed E-state index contributed by atoms with van der Waals surface area (Å²) in [4.78, 5) is 4.46. The van der Waals surface area contributed by atoms with E-state index in [1.54, 1.807) is 18.6 Å². The van der Waals surface area contributed by atoms with Crippen molar-refractivity contribution >= 4 is 22.6 Å². The third kappa shape index (κ3) is 7.59. The minimum absolute atomic E-state index is 0.0784. The Morgan fingerprint density at radius 1 is 1.27 bits per heavy atom. The van der Waals surface area contributed by atoms with Gasteiger partial charge in [0.05, 0.1) is 30.2 Å². The van der Waals surface area contributed by atoms with Crippen LogP contribution in [0, 0.1) is 5.41 Å². The van der Waals surface area contributed by atoms with E-state index >= 15 is 0 Å². The lowest BCUT2D eigenvalue weighted by Gasteiger charge is -2.30. The van der Waals surface area contributed by atoms with Crippen LogP contribution in [0.5, 0.6) is 5.75 Å². The van der Waals surface area contributed by atoms with Gasteiger partial charge in [-0.3, -0.25) is 5.41 Å². The van der Waals surface area contributed by atoms with Crippen molar-refractivity contribution in [2.24, 2.45) is 7.05 Å². The predicted molar refractivity (Wildman–Crippen MR) is 135 cm³/mol. The van der Waals surface area contributed by atoms with Crippen molar-refractivity contribution < 1.29 is 27.8 Å². The summed E-state index contributed by atoms with van der Waals surface area (Å²) in [7, 11) is 1.89. The summed E-state index contributed by atoms with van der Waals surface area (Å²) in [5.41, 5.74) is 2.23. The Hall–Kier alpha value is -2.83. The summed E-state index contributed by atoms with van der Waals surface area (Å²) in [6, 6.07) is 3.89. The number of benzene rings is 1. The van der Waals surface area contributed by atoms with Crippen molar-refractivity contribution in [3.8, 4) is 5.75 Å². The monoisotopic (exact) mass is 524 g/mol. The van der Waals surface area contributed by atoms with Crippen molar-refractivity contribution in [1.82, 2.24) is 20.2 Å². The number of ether oxygens (including phenoxy) is 2. The number of halogens is 3. The molecule has 2 fully saturated rings. The first-order chi connectivity index (χ1) is 17.7. The zero-order chi connectivity index (χ0) is 26.4. The van der Waals surface area contributed by atoms with Gasteiger partial charge < -0.3 is 35.1 Å². The van der Waals surface area contributed by atoms with Crippen LogP contribution in [-0.4, -0.2) is 70.7 Å². The Morgan fingerprint density at radius 3 is 2.76 bits per heavy atom. The number of hydrogen-bond donors (Lipinski definition) is 5. The van der Waals surface area contributed by atoms with Crippen LogP contribution in [0.4, 0.5) is 18.9 Å². The fourth-order valence-electron chi connectivity index (χ4n) is 4.67. The fraction of sp³-hybridized carbons (Fsp3) is 0.600. The number of nitrogens with zero attached hydrogens (tertiary/aromatic N) is 2. The molecule has 2 aromatic rings. The molecule has 0 unspecified atom stereocenters. The molecule has 9 nitrogen and oxygen atoms in total. The fourth-order valence-corrected chi connectivity index (χ4v) is 4.67. The summed E-state index contributed by atoms with van der Waals surface area (Å²) in [5, 5.41) is 26.7. The van der Waals surface area contributed by atoms with Gasteiger partial charge >= 0.3 is 6.18 Å². The van der Waals surface area contributed by atoms with Crippen LogP contribution in [0.1, 0.15) is 38.5 Å². The minimum Gasteiger partial charge on any atom is -0.490 e. The molecule has 2 heterocycles. The number of anilines is 1. The molecule has 2 aliphatic rings. The Morgan fingerprint density at radius 2 is 2.05 bits per heavy atom. The number of aromatic nitrogens is 2. The summed E-state index contributed by atoms with van der Waals surface area (Å²) in [6.07, 6.45) is 2.79. The number of aryl methyl sites for hydroxylation is 1. The number of fused-ring (bicyclic) bond motifs is 1. The van der Waals surface area contributed by atoms with Crippen molar-refractivity contribution in [2.45, 2.75) is 69.0 Å². The van der Waals surface area contributed by atoms with E-state index < -0.39 is 18.8 Å². The van der Waals surface area contributed by atoms with E-state index in [-0.39, 0.29) is 24.0 Å². The number of alkyl halides is 3. The van der Waals surface area contributed by atoms with Crippen LogP contribution in [0.2, 0.25) is 0 Å².